The zero-order valence-corrected chi connectivity index (χ0v) is 16.2. The number of amidine groups is 1. The van der Waals surface area contributed by atoms with Gasteiger partial charge >= 0.3 is 6.09 Å². The number of carbonyl (C=O) groups excluding carboxylic acids is 2. The fourth-order valence-corrected chi connectivity index (χ4v) is 3.42. The molecular formula is C19H25FN4O4. The summed E-state index contributed by atoms with van der Waals surface area (Å²) in [5.74, 6) is -1.73. The Labute approximate surface area is 162 Å². The first-order valence-corrected chi connectivity index (χ1v) is 9.12. The molecule has 1 aliphatic heterocycles. The number of hydrogen-bond acceptors (Lipinski definition) is 6. The molecule has 1 aromatic carbocycles. The van der Waals surface area contributed by atoms with Gasteiger partial charge in [-0.25, -0.2) is 9.18 Å². The highest BCUT2D eigenvalue weighted by molar-refractivity contribution is 6.09. The Hall–Kier alpha value is -2.84. The standard InChI is InChI=1S/C19H25FN4O4/c1-18(2,3)28-17(26)24-10-19(7-8-19)9-13(24)16(25)22-15(23-27)11-5-4-6-12(21)14(11)20/h4-6,13,27H,7-10,21H2,1-3H3,(H,22,23,25)/t13-/m0/s1. The summed E-state index contributed by atoms with van der Waals surface area (Å²) >= 11 is 0. The van der Waals surface area contributed by atoms with Crippen LogP contribution in [0.4, 0.5) is 14.9 Å². The van der Waals surface area contributed by atoms with E-state index in [0.717, 1.165) is 12.8 Å². The van der Waals surface area contributed by atoms with Gasteiger partial charge in [-0.15, -0.1) is 0 Å². The van der Waals surface area contributed by atoms with E-state index in [-0.39, 0.29) is 22.5 Å². The number of nitrogens with two attached hydrogens (primary N) is 1. The Morgan fingerprint density at radius 3 is 2.64 bits per heavy atom. The smallest absolute Gasteiger partial charge is 0.410 e. The number of anilines is 1. The van der Waals surface area contributed by atoms with Crippen LogP contribution in [0.2, 0.25) is 0 Å². The first kappa shape index (κ1) is 19.9. The van der Waals surface area contributed by atoms with Gasteiger partial charge in [0.25, 0.3) is 0 Å². The molecule has 1 aliphatic carbocycles. The van der Waals surface area contributed by atoms with E-state index < -0.39 is 29.5 Å². The van der Waals surface area contributed by atoms with Gasteiger partial charge in [0.15, 0.2) is 11.7 Å². The van der Waals surface area contributed by atoms with E-state index in [1.54, 1.807) is 20.8 Å². The lowest BCUT2D eigenvalue weighted by atomic mass is 10.0. The van der Waals surface area contributed by atoms with E-state index in [9.17, 15) is 19.2 Å². The van der Waals surface area contributed by atoms with Crippen molar-refractivity contribution in [2.75, 3.05) is 12.3 Å². The van der Waals surface area contributed by atoms with Gasteiger partial charge in [-0.3, -0.25) is 9.69 Å². The molecule has 2 amide bonds. The molecule has 9 heteroatoms. The quantitative estimate of drug-likeness (QED) is 0.235. The minimum absolute atomic E-state index is 0.0716. The molecule has 1 spiro atoms. The van der Waals surface area contributed by atoms with E-state index in [1.165, 1.54) is 23.1 Å². The second-order valence-corrected chi connectivity index (χ2v) is 8.47. The molecule has 0 aromatic heterocycles. The van der Waals surface area contributed by atoms with Crippen molar-refractivity contribution in [2.45, 2.75) is 51.7 Å². The normalized spacial score (nSPS) is 20.9. The van der Waals surface area contributed by atoms with Gasteiger partial charge in [-0.1, -0.05) is 11.2 Å². The van der Waals surface area contributed by atoms with E-state index in [4.69, 9.17) is 10.5 Å². The van der Waals surface area contributed by atoms with Crippen LogP contribution in [-0.4, -0.2) is 46.1 Å². The van der Waals surface area contributed by atoms with Crippen molar-refractivity contribution in [1.29, 1.82) is 0 Å². The SMILES string of the molecule is CC(C)(C)OC(=O)N1CC2(CC2)C[C@H]1C(=O)N/C(=N/O)c1cccc(N)c1F. The third kappa shape index (κ3) is 4.02. The number of nitrogen functional groups attached to an aromatic ring is 1. The van der Waals surface area contributed by atoms with Crippen LogP contribution in [0.3, 0.4) is 0 Å². The molecule has 0 unspecified atom stereocenters. The summed E-state index contributed by atoms with van der Waals surface area (Å²) in [6.45, 7) is 5.68. The van der Waals surface area contributed by atoms with Gasteiger partial charge in [0.1, 0.15) is 11.6 Å². The third-order valence-electron chi connectivity index (χ3n) is 5.02. The number of hydrogen-bond donors (Lipinski definition) is 3. The van der Waals surface area contributed by atoms with Gasteiger partial charge < -0.3 is 21.0 Å². The van der Waals surface area contributed by atoms with Crippen molar-refractivity contribution in [3.05, 3.63) is 29.6 Å². The number of oxime groups is 1. The highest BCUT2D eigenvalue weighted by Gasteiger charge is 2.56. The van der Waals surface area contributed by atoms with Crippen LogP contribution >= 0.6 is 0 Å². The van der Waals surface area contributed by atoms with Crippen molar-refractivity contribution in [1.82, 2.24) is 10.2 Å². The molecule has 3 rings (SSSR count). The fourth-order valence-electron chi connectivity index (χ4n) is 3.42. The Bertz CT molecular complexity index is 830. The third-order valence-corrected chi connectivity index (χ3v) is 5.02. The average Bonchev–Trinajstić information content (AvgIpc) is 3.24. The summed E-state index contributed by atoms with van der Waals surface area (Å²) in [6.07, 6.45) is 1.77. The van der Waals surface area contributed by atoms with Crippen molar-refractivity contribution >= 4 is 23.5 Å². The van der Waals surface area contributed by atoms with E-state index >= 15 is 0 Å². The molecule has 4 N–H and O–H groups in total. The molecule has 0 bridgehead atoms. The summed E-state index contributed by atoms with van der Waals surface area (Å²) in [6, 6.07) is 3.38. The van der Waals surface area contributed by atoms with Gasteiger partial charge in [-0.05, 0) is 57.6 Å². The zero-order valence-electron chi connectivity index (χ0n) is 16.2. The van der Waals surface area contributed by atoms with Gasteiger partial charge in [-0.2, -0.15) is 0 Å². The lowest BCUT2D eigenvalue weighted by Crippen LogP contribution is -2.49. The van der Waals surface area contributed by atoms with E-state index in [2.05, 4.69) is 10.5 Å². The Kier molecular flexibility index (Phi) is 4.95. The summed E-state index contributed by atoms with van der Waals surface area (Å²) in [4.78, 5) is 26.9. The fraction of sp³-hybridized carbons (Fsp3) is 0.526. The lowest BCUT2D eigenvalue weighted by molar-refractivity contribution is -0.124. The number of ether oxygens (including phenoxy) is 1. The number of likely N-dealkylation sites (tertiary alicyclic amines) is 1. The molecule has 8 nitrogen and oxygen atoms in total. The molecule has 2 aliphatic rings. The topological polar surface area (TPSA) is 117 Å². The van der Waals surface area contributed by atoms with Crippen LogP contribution in [0.5, 0.6) is 0 Å². The van der Waals surface area contributed by atoms with Gasteiger partial charge in [0.2, 0.25) is 5.91 Å². The Morgan fingerprint density at radius 1 is 1.39 bits per heavy atom. The number of halogens is 1. The number of nitrogens with zero attached hydrogens (tertiary/aromatic N) is 2. The summed E-state index contributed by atoms with van der Waals surface area (Å²) in [7, 11) is 0. The highest BCUT2D eigenvalue weighted by atomic mass is 19.1. The van der Waals surface area contributed by atoms with Crippen LogP contribution in [0, 0.1) is 11.2 Å². The van der Waals surface area contributed by atoms with Crippen molar-refractivity contribution in [3.8, 4) is 0 Å². The second-order valence-electron chi connectivity index (χ2n) is 8.47. The maximum atomic E-state index is 14.2. The largest absolute Gasteiger partial charge is 0.444 e. The highest BCUT2D eigenvalue weighted by Crippen LogP contribution is 2.55. The van der Waals surface area contributed by atoms with Crippen molar-refractivity contribution in [2.24, 2.45) is 10.6 Å². The molecule has 0 radical (unpaired) electrons. The Morgan fingerprint density at radius 2 is 2.07 bits per heavy atom. The van der Waals surface area contributed by atoms with Crippen molar-refractivity contribution in [3.63, 3.8) is 0 Å². The molecule has 152 valence electrons. The maximum absolute atomic E-state index is 14.2. The summed E-state index contributed by atoms with van der Waals surface area (Å²) in [5, 5.41) is 14.7. The zero-order chi connectivity index (χ0) is 20.7. The minimum atomic E-state index is -0.801. The average molecular weight is 392 g/mol. The molecule has 1 saturated carbocycles. The molecule has 28 heavy (non-hydrogen) atoms. The number of nitrogens with one attached hydrogen (secondary N) is 1. The van der Waals surface area contributed by atoms with Crippen LogP contribution in [0.1, 0.15) is 45.6 Å². The molecule has 1 saturated heterocycles. The minimum Gasteiger partial charge on any atom is -0.444 e. The monoisotopic (exact) mass is 392 g/mol. The number of carbonyl (C=O) groups is 2. The molecular weight excluding hydrogens is 367 g/mol. The second kappa shape index (κ2) is 6.96. The first-order chi connectivity index (χ1) is 13.1. The van der Waals surface area contributed by atoms with Crippen LogP contribution in [-0.2, 0) is 9.53 Å². The molecule has 1 aromatic rings. The first-order valence-electron chi connectivity index (χ1n) is 9.12. The predicted molar refractivity (Wildman–Crippen MR) is 100 cm³/mol. The lowest BCUT2D eigenvalue weighted by Gasteiger charge is -2.28. The number of amides is 2. The van der Waals surface area contributed by atoms with Crippen LogP contribution < -0.4 is 11.1 Å². The Balaban J connectivity index is 1.79. The van der Waals surface area contributed by atoms with Crippen LogP contribution in [0.25, 0.3) is 0 Å². The molecule has 1 heterocycles. The predicted octanol–water partition coefficient (Wildman–Crippen LogP) is 2.45. The molecule has 2 fully saturated rings. The van der Waals surface area contributed by atoms with E-state index in [0.29, 0.717) is 13.0 Å². The number of benzene rings is 1. The maximum Gasteiger partial charge on any atom is 0.410 e. The summed E-state index contributed by atoms with van der Waals surface area (Å²) in [5.41, 5.74) is 4.49. The van der Waals surface area contributed by atoms with Crippen molar-refractivity contribution < 1.29 is 23.9 Å². The van der Waals surface area contributed by atoms with Crippen LogP contribution in [0.15, 0.2) is 23.4 Å². The summed E-state index contributed by atoms with van der Waals surface area (Å²) < 4.78 is 19.7. The van der Waals surface area contributed by atoms with Gasteiger partial charge in [0, 0.05) is 6.54 Å². The van der Waals surface area contributed by atoms with E-state index in [1.807, 2.05) is 0 Å². The van der Waals surface area contributed by atoms with Gasteiger partial charge in [0.05, 0.1) is 11.3 Å². The number of rotatable bonds is 2. The molecule has 1 atom stereocenters.